The second-order valence-corrected chi connectivity index (χ2v) is 32.2. The van der Waals surface area contributed by atoms with Gasteiger partial charge in [0.25, 0.3) is 0 Å². The Morgan fingerprint density at radius 2 is 0.740 bits per heavy atom. The molecule has 8 heteroatoms. The van der Waals surface area contributed by atoms with Crippen molar-refractivity contribution in [1.29, 1.82) is 0 Å². The van der Waals surface area contributed by atoms with Crippen LogP contribution in [0.2, 0.25) is 0 Å². The van der Waals surface area contributed by atoms with Crippen molar-refractivity contribution in [2.45, 2.75) is 185 Å². The molecule has 526 valence electrons. The molecule has 0 bridgehead atoms. The molecule has 8 nitrogen and oxygen atoms in total. The van der Waals surface area contributed by atoms with E-state index in [1.807, 2.05) is 55.4 Å². The Kier molecular flexibility index (Phi) is 15.9. The maximum absolute atomic E-state index is 8.58. The molecular formula is C96H106N8+4. The van der Waals surface area contributed by atoms with Crippen molar-refractivity contribution in [3.05, 3.63) is 283 Å². The van der Waals surface area contributed by atoms with E-state index in [0.717, 1.165) is 75.0 Å². The van der Waals surface area contributed by atoms with Crippen molar-refractivity contribution in [3.63, 3.8) is 0 Å². The number of nitrogens with zero attached hydrogens (tertiary/aromatic N) is 8. The van der Waals surface area contributed by atoms with Crippen LogP contribution in [0, 0.1) is 76.1 Å². The van der Waals surface area contributed by atoms with Crippen molar-refractivity contribution in [3.8, 4) is 89.5 Å². The lowest BCUT2D eigenvalue weighted by Gasteiger charge is -2.26. The number of hydrogen-bond donors (Lipinski definition) is 0. The molecule has 5 aliphatic rings. The first-order valence-electron chi connectivity index (χ1n) is 40.5. The lowest BCUT2D eigenvalue weighted by Crippen LogP contribution is -2.31. The predicted molar refractivity (Wildman–Crippen MR) is 427 cm³/mol. The standard InChI is InChI=1S/C27H31N2.C24H27N2.C23H25N2.C22H23N2/c1-17(2)20-10-13-29(5)25(15-20)22-16-24-23(14-18(22)3)21-9-8-19(4)28-26(21)27(24)11-6-7-12-27;1-14-11-22(26(7)13-16(14)3)19-12-21-20(10-15(19)2)18-9-8-17(4)25-23(18)24(21,5)6;1-14-9-10-25(6)21(11-14)18-13-20-19(12-15(18)2)17-8-7-16(3)24-22(17)23(20,4)5;1-14-12-18-16-10-9-15(2)23-21(16)22(3,4)19(18)13-17(14)20-8-6-7-11-24(20)5/h8-10,13-17H,6-7,11-12H2,1-5H3;8-13H,1-7H3;7-13H,1-6H3;6-13H,1-5H3/q4*+1/i1D3,17D;3D3;;. The molecule has 1 saturated carbocycles. The van der Waals surface area contributed by atoms with Crippen LogP contribution in [-0.2, 0) is 49.9 Å². The first-order chi connectivity index (χ1) is 52.0. The Morgan fingerprint density at radius 3 is 1.18 bits per heavy atom. The van der Waals surface area contributed by atoms with Crippen molar-refractivity contribution in [2.24, 2.45) is 28.2 Å². The number of aryl methyl sites for hydroxylation is 15. The van der Waals surface area contributed by atoms with Crippen LogP contribution in [0.5, 0.6) is 0 Å². The van der Waals surface area contributed by atoms with Crippen LogP contribution in [0.3, 0.4) is 0 Å². The molecule has 0 amide bonds. The van der Waals surface area contributed by atoms with Crippen LogP contribution >= 0.6 is 0 Å². The molecule has 0 saturated heterocycles. The lowest BCUT2D eigenvalue weighted by atomic mass is 9.78. The zero-order chi connectivity index (χ0) is 80.0. The van der Waals surface area contributed by atoms with Crippen LogP contribution in [0.15, 0.2) is 170 Å². The van der Waals surface area contributed by atoms with E-state index < -0.39 is 19.6 Å². The first-order valence-corrected chi connectivity index (χ1v) is 37.0. The molecule has 1 fully saturated rings. The van der Waals surface area contributed by atoms with Gasteiger partial charge in [0.15, 0.2) is 24.8 Å². The van der Waals surface area contributed by atoms with Gasteiger partial charge in [-0.25, -0.2) is 18.3 Å². The Labute approximate surface area is 629 Å². The fraction of sp³-hybridized carbons (Fsp3) is 0.333. The van der Waals surface area contributed by atoms with Gasteiger partial charge in [0, 0.05) is 147 Å². The summed E-state index contributed by atoms with van der Waals surface area (Å²) in [6.07, 6.45) is 12.5. The minimum absolute atomic E-state index is 0.0298. The van der Waals surface area contributed by atoms with Gasteiger partial charge in [-0.3, -0.25) is 19.9 Å². The zero-order valence-corrected chi connectivity index (χ0v) is 65.1. The average Bonchev–Trinajstić information content (AvgIpc) is 1.56. The molecule has 8 heterocycles. The molecular weight excluding hydrogens is 1270 g/mol. The van der Waals surface area contributed by atoms with Crippen LogP contribution < -0.4 is 18.3 Å². The minimum atomic E-state index is -2.41. The number of hydrogen-bond acceptors (Lipinski definition) is 4. The van der Waals surface area contributed by atoms with E-state index in [2.05, 4.69) is 260 Å². The highest BCUT2D eigenvalue weighted by molar-refractivity contribution is 5.87. The molecule has 0 radical (unpaired) electrons. The highest BCUT2D eigenvalue weighted by atomic mass is 14.9. The van der Waals surface area contributed by atoms with Gasteiger partial charge in [-0.05, 0) is 233 Å². The molecule has 8 aromatic heterocycles. The Balaban J connectivity index is 0.000000124. The van der Waals surface area contributed by atoms with E-state index in [4.69, 9.17) is 29.5 Å². The summed E-state index contributed by atoms with van der Waals surface area (Å²) in [7, 11) is 8.12. The van der Waals surface area contributed by atoms with Gasteiger partial charge in [0.2, 0.25) is 22.8 Å². The maximum Gasteiger partial charge on any atom is 0.212 e. The van der Waals surface area contributed by atoms with E-state index in [-0.39, 0.29) is 21.7 Å². The molecule has 1 spiro atoms. The van der Waals surface area contributed by atoms with E-state index in [1.54, 1.807) is 12.3 Å². The van der Waals surface area contributed by atoms with E-state index in [1.165, 1.54) is 148 Å². The summed E-state index contributed by atoms with van der Waals surface area (Å²) in [6, 6.07) is 52.3. The van der Waals surface area contributed by atoms with Crippen LogP contribution in [0.25, 0.3) is 89.5 Å². The Morgan fingerprint density at radius 1 is 0.356 bits per heavy atom. The largest absolute Gasteiger partial charge is 0.257 e. The molecule has 1 atom stereocenters. The topological polar surface area (TPSA) is 67.1 Å². The summed E-state index contributed by atoms with van der Waals surface area (Å²) in [5.41, 5.74) is 41.5. The SMILES string of the molecule is Cc1cc[n+](C)c(-c2cc3c(cc2C)-c2ccc(C)nc2C3(C)C)c1.Cc1ccc2c(n1)C(C)(C)c1cc(-c3cccc[n+]3C)c(C)cc1-2.[2H]C([2H])([2H])C([2H])(C)c1cc[n+](C)c(-c2cc3c(cc2C)-c2ccc(C)nc2C32CCCC2)c1.[2H]C([2H])([2H])c1c[n+](C)c(-c2cc3c(cc2C)-c2ccc(C)nc2C3(C)C)cc1C. The quantitative estimate of drug-likeness (QED) is 0.161. The van der Waals surface area contributed by atoms with Gasteiger partial charge in [-0.15, -0.1) is 0 Å². The van der Waals surface area contributed by atoms with Gasteiger partial charge in [0.05, 0.1) is 22.8 Å². The first kappa shape index (κ1) is 62.6. The van der Waals surface area contributed by atoms with Crippen LogP contribution in [0.1, 0.15) is 209 Å². The maximum atomic E-state index is 8.58. The number of benzene rings is 4. The second kappa shape index (κ2) is 26.3. The van der Waals surface area contributed by atoms with Crippen molar-refractivity contribution >= 4 is 0 Å². The third kappa shape index (κ3) is 12.0. The fourth-order valence-corrected chi connectivity index (χ4v) is 17.5. The van der Waals surface area contributed by atoms with Crippen molar-refractivity contribution in [2.75, 3.05) is 0 Å². The molecule has 17 rings (SSSR count). The molecule has 1 unspecified atom stereocenters. The molecule has 12 aromatic rings. The van der Waals surface area contributed by atoms with Crippen LogP contribution in [0.4, 0.5) is 0 Å². The highest BCUT2D eigenvalue weighted by Crippen LogP contribution is 2.58. The fourth-order valence-electron chi connectivity index (χ4n) is 17.5. The lowest BCUT2D eigenvalue weighted by molar-refractivity contribution is -0.660. The number of aromatic nitrogens is 8. The Bertz CT molecular complexity index is 5830. The number of fused-ring (bicyclic) bond motifs is 14. The predicted octanol–water partition coefficient (Wildman–Crippen LogP) is 20.6. The molecule has 0 aliphatic heterocycles. The molecule has 104 heavy (non-hydrogen) atoms. The molecule has 5 aliphatic carbocycles. The summed E-state index contributed by atoms with van der Waals surface area (Å²) < 4.78 is 63.9. The summed E-state index contributed by atoms with van der Waals surface area (Å²) in [6.45, 7) is 31.5. The number of rotatable bonds is 5. The minimum Gasteiger partial charge on any atom is -0.257 e. The zero-order valence-electron chi connectivity index (χ0n) is 72.1. The second-order valence-electron chi connectivity index (χ2n) is 32.2. The highest BCUT2D eigenvalue weighted by Gasteiger charge is 2.48. The summed E-state index contributed by atoms with van der Waals surface area (Å²) in [5, 5.41) is 0. The van der Waals surface area contributed by atoms with Crippen molar-refractivity contribution < 1.29 is 27.9 Å². The molecule has 0 N–H and O–H groups in total. The van der Waals surface area contributed by atoms with Gasteiger partial charge < -0.3 is 0 Å². The summed E-state index contributed by atoms with van der Waals surface area (Å²) in [5.74, 6) is -1.68. The number of pyridine rings is 8. The monoisotopic (exact) mass is 1380 g/mol. The summed E-state index contributed by atoms with van der Waals surface area (Å²) in [4.78, 5) is 19.6. The third-order valence-electron chi connectivity index (χ3n) is 23.5. The third-order valence-corrected chi connectivity index (χ3v) is 23.5. The van der Waals surface area contributed by atoms with Gasteiger partial charge in [-0.2, -0.15) is 0 Å². The van der Waals surface area contributed by atoms with Gasteiger partial charge >= 0.3 is 0 Å². The smallest absolute Gasteiger partial charge is 0.212 e. The summed E-state index contributed by atoms with van der Waals surface area (Å²) >= 11 is 0. The average molecular weight is 1380 g/mol. The van der Waals surface area contributed by atoms with E-state index in [9.17, 15) is 0 Å². The van der Waals surface area contributed by atoms with Gasteiger partial charge in [-0.1, -0.05) is 117 Å². The molecule has 4 aromatic carbocycles. The van der Waals surface area contributed by atoms with Crippen molar-refractivity contribution in [1.82, 2.24) is 19.9 Å². The Hall–Kier alpha value is -9.92. The van der Waals surface area contributed by atoms with Gasteiger partial charge in [0.1, 0.15) is 28.2 Å². The normalized spacial score (nSPS) is 16.7. The van der Waals surface area contributed by atoms with Crippen LogP contribution in [-0.4, -0.2) is 19.9 Å². The van der Waals surface area contributed by atoms with E-state index in [0.29, 0.717) is 11.1 Å². The van der Waals surface area contributed by atoms with E-state index >= 15 is 0 Å².